The average molecular weight is 480 g/mol. The second-order valence-corrected chi connectivity index (χ2v) is 10.8. The van der Waals surface area contributed by atoms with Crippen molar-refractivity contribution in [3.63, 3.8) is 0 Å². The molecule has 1 N–H and O–H groups in total. The van der Waals surface area contributed by atoms with E-state index in [4.69, 9.17) is 9.47 Å². The SMILES string of the molecule is Cc1c(Oc2ccc(S(C)(=O)=O)cc2F)ncnc1OC1CCC(NC(=O)CC(C)C)CC1. The highest BCUT2D eigenvalue weighted by Gasteiger charge is 2.25. The molecule has 0 bridgehead atoms. The molecule has 8 nitrogen and oxygen atoms in total. The lowest BCUT2D eigenvalue weighted by molar-refractivity contribution is -0.122. The third-order valence-corrected chi connectivity index (χ3v) is 6.55. The minimum Gasteiger partial charge on any atom is -0.474 e. The van der Waals surface area contributed by atoms with Gasteiger partial charge in [-0.1, -0.05) is 13.8 Å². The molecule has 1 saturated carbocycles. The summed E-state index contributed by atoms with van der Waals surface area (Å²) in [5.41, 5.74) is 0.511. The van der Waals surface area contributed by atoms with E-state index in [1.165, 1.54) is 18.5 Å². The van der Waals surface area contributed by atoms with Crippen LogP contribution in [0.25, 0.3) is 0 Å². The Kier molecular flexibility index (Phi) is 7.88. The van der Waals surface area contributed by atoms with Crippen molar-refractivity contribution < 1.29 is 27.1 Å². The minimum absolute atomic E-state index is 0.0597. The topological polar surface area (TPSA) is 107 Å². The maximum atomic E-state index is 14.4. The third-order valence-electron chi connectivity index (χ3n) is 5.44. The van der Waals surface area contributed by atoms with Crippen molar-refractivity contribution >= 4 is 15.7 Å². The number of rotatable bonds is 8. The van der Waals surface area contributed by atoms with E-state index < -0.39 is 15.7 Å². The number of sulfone groups is 1. The number of benzene rings is 1. The maximum absolute atomic E-state index is 14.4. The highest BCUT2D eigenvalue weighted by molar-refractivity contribution is 7.90. The van der Waals surface area contributed by atoms with E-state index in [9.17, 15) is 17.6 Å². The zero-order chi connectivity index (χ0) is 24.2. The van der Waals surface area contributed by atoms with Crippen molar-refractivity contribution in [2.45, 2.75) is 69.9 Å². The van der Waals surface area contributed by atoms with E-state index in [0.29, 0.717) is 23.8 Å². The summed E-state index contributed by atoms with van der Waals surface area (Å²) in [5, 5.41) is 3.09. The molecule has 10 heteroatoms. The van der Waals surface area contributed by atoms with Gasteiger partial charge in [0.05, 0.1) is 10.5 Å². The van der Waals surface area contributed by atoms with E-state index in [0.717, 1.165) is 38.0 Å². The first-order valence-corrected chi connectivity index (χ1v) is 12.9. The van der Waals surface area contributed by atoms with Crippen LogP contribution < -0.4 is 14.8 Å². The summed E-state index contributed by atoms with van der Waals surface area (Å²) in [6.45, 7) is 5.75. The number of amides is 1. The van der Waals surface area contributed by atoms with Gasteiger partial charge in [-0.05, 0) is 56.7 Å². The molecule has 1 amide bonds. The Hall–Kier alpha value is -2.75. The van der Waals surface area contributed by atoms with Crippen molar-refractivity contribution in [3.05, 3.63) is 35.9 Å². The van der Waals surface area contributed by atoms with Crippen molar-refractivity contribution in [2.75, 3.05) is 6.26 Å². The quantitative estimate of drug-likeness (QED) is 0.610. The van der Waals surface area contributed by atoms with Crippen LogP contribution in [0, 0.1) is 18.7 Å². The summed E-state index contributed by atoms with van der Waals surface area (Å²) >= 11 is 0. The first kappa shape index (κ1) is 24.9. The van der Waals surface area contributed by atoms with Gasteiger partial charge in [0.15, 0.2) is 21.4 Å². The van der Waals surface area contributed by atoms with E-state index in [1.807, 2.05) is 13.8 Å². The molecule has 2 aromatic rings. The van der Waals surface area contributed by atoms with Crippen LogP contribution in [0.3, 0.4) is 0 Å². The summed E-state index contributed by atoms with van der Waals surface area (Å²) in [5.74, 6) is -0.0716. The van der Waals surface area contributed by atoms with E-state index in [2.05, 4.69) is 15.3 Å². The van der Waals surface area contributed by atoms with Crippen molar-refractivity contribution in [3.8, 4) is 17.5 Å². The molecular formula is C23H30FN3O5S. The van der Waals surface area contributed by atoms with Crippen LogP contribution in [0.2, 0.25) is 0 Å². The van der Waals surface area contributed by atoms with Gasteiger partial charge in [-0.25, -0.2) is 22.8 Å². The number of nitrogens with one attached hydrogen (secondary N) is 1. The van der Waals surface area contributed by atoms with Crippen LogP contribution in [0.5, 0.6) is 17.5 Å². The summed E-state index contributed by atoms with van der Waals surface area (Å²) in [4.78, 5) is 20.1. The van der Waals surface area contributed by atoms with Crippen LogP contribution in [-0.4, -0.2) is 42.7 Å². The number of halogens is 1. The molecule has 1 aromatic heterocycles. The molecule has 1 heterocycles. The van der Waals surface area contributed by atoms with Gasteiger partial charge in [0.2, 0.25) is 17.7 Å². The molecule has 1 fully saturated rings. The van der Waals surface area contributed by atoms with Crippen LogP contribution in [0.4, 0.5) is 4.39 Å². The summed E-state index contributed by atoms with van der Waals surface area (Å²) in [7, 11) is -3.53. The number of hydrogen-bond acceptors (Lipinski definition) is 7. The third kappa shape index (κ3) is 6.86. The normalized spacial score (nSPS) is 18.7. The Morgan fingerprint density at radius 1 is 1.18 bits per heavy atom. The molecule has 1 aliphatic carbocycles. The zero-order valence-corrected chi connectivity index (χ0v) is 20.1. The van der Waals surface area contributed by atoms with E-state index >= 15 is 0 Å². The number of ether oxygens (including phenoxy) is 2. The fraction of sp³-hybridized carbons (Fsp3) is 0.522. The monoisotopic (exact) mass is 479 g/mol. The second-order valence-electron chi connectivity index (χ2n) is 8.83. The van der Waals surface area contributed by atoms with E-state index in [1.54, 1.807) is 6.92 Å². The van der Waals surface area contributed by atoms with Crippen LogP contribution in [0.15, 0.2) is 29.4 Å². The molecule has 180 valence electrons. The lowest BCUT2D eigenvalue weighted by Crippen LogP contribution is -2.40. The largest absolute Gasteiger partial charge is 0.474 e. The number of carbonyl (C=O) groups excluding carboxylic acids is 1. The van der Waals surface area contributed by atoms with Gasteiger partial charge in [-0.3, -0.25) is 4.79 Å². The van der Waals surface area contributed by atoms with Crippen LogP contribution in [-0.2, 0) is 14.6 Å². The number of nitrogens with zero attached hydrogens (tertiary/aromatic N) is 2. The minimum atomic E-state index is -3.53. The Bertz CT molecular complexity index is 1100. The molecule has 3 rings (SSSR count). The first-order chi connectivity index (χ1) is 15.5. The predicted octanol–water partition coefficient (Wildman–Crippen LogP) is 3.97. The van der Waals surface area contributed by atoms with Gasteiger partial charge < -0.3 is 14.8 Å². The number of aromatic nitrogens is 2. The fourth-order valence-corrected chi connectivity index (χ4v) is 4.31. The molecule has 33 heavy (non-hydrogen) atoms. The Balaban J connectivity index is 1.62. The van der Waals surface area contributed by atoms with Crippen LogP contribution >= 0.6 is 0 Å². The Morgan fingerprint density at radius 2 is 1.85 bits per heavy atom. The van der Waals surface area contributed by atoms with Gasteiger partial charge in [0.1, 0.15) is 12.4 Å². The van der Waals surface area contributed by atoms with Gasteiger partial charge in [0, 0.05) is 18.7 Å². The summed E-state index contributed by atoms with van der Waals surface area (Å²) < 4.78 is 49.2. The smallest absolute Gasteiger partial charge is 0.229 e. The van der Waals surface area contributed by atoms with Crippen molar-refractivity contribution in [2.24, 2.45) is 5.92 Å². The van der Waals surface area contributed by atoms with Gasteiger partial charge in [-0.2, -0.15) is 0 Å². The van der Waals surface area contributed by atoms with Gasteiger partial charge in [0.25, 0.3) is 0 Å². The molecule has 0 atom stereocenters. The van der Waals surface area contributed by atoms with E-state index in [-0.39, 0.29) is 34.6 Å². The summed E-state index contributed by atoms with van der Waals surface area (Å²) in [6, 6.07) is 3.60. The number of carbonyl (C=O) groups is 1. The second kappa shape index (κ2) is 10.5. The Labute approximate surface area is 193 Å². The number of hydrogen-bond donors (Lipinski definition) is 1. The molecule has 1 aliphatic rings. The standard InChI is InChI=1S/C23H30FN3O5S/c1-14(2)11-21(28)27-16-5-7-17(8-6-16)31-22-15(3)23(26-13-25-22)32-20-10-9-18(12-19(20)24)33(4,29)30/h9-10,12-14,16-17H,5-8,11H2,1-4H3,(H,27,28). The molecule has 0 aliphatic heterocycles. The maximum Gasteiger partial charge on any atom is 0.229 e. The first-order valence-electron chi connectivity index (χ1n) is 11.0. The molecular weight excluding hydrogens is 449 g/mol. The lowest BCUT2D eigenvalue weighted by atomic mass is 9.92. The van der Waals surface area contributed by atoms with Crippen molar-refractivity contribution in [1.82, 2.24) is 15.3 Å². The van der Waals surface area contributed by atoms with Gasteiger partial charge >= 0.3 is 0 Å². The summed E-state index contributed by atoms with van der Waals surface area (Å²) in [6.07, 6.45) is 5.93. The molecule has 0 saturated heterocycles. The highest BCUT2D eigenvalue weighted by Crippen LogP contribution is 2.32. The Morgan fingerprint density at radius 3 is 2.45 bits per heavy atom. The lowest BCUT2D eigenvalue weighted by Gasteiger charge is -2.29. The molecule has 1 aromatic carbocycles. The average Bonchev–Trinajstić information content (AvgIpc) is 2.72. The van der Waals surface area contributed by atoms with Crippen LogP contribution in [0.1, 0.15) is 51.5 Å². The van der Waals surface area contributed by atoms with Crippen molar-refractivity contribution in [1.29, 1.82) is 0 Å². The highest BCUT2D eigenvalue weighted by atomic mass is 32.2. The molecule has 0 spiro atoms. The molecule has 0 radical (unpaired) electrons. The fourth-order valence-electron chi connectivity index (χ4n) is 3.68. The van der Waals surface area contributed by atoms with Gasteiger partial charge in [-0.15, -0.1) is 0 Å². The zero-order valence-electron chi connectivity index (χ0n) is 19.3. The predicted molar refractivity (Wildman–Crippen MR) is 121 cm³/mol. The molecule has 0 unspecified atom stereocenters.